The summed E-state index contributed by atoms with van der Waals surface area (Å²) in [6.07, 6.45) is 3.77. The van der Waals surface area contributed by atoms with Gasteiger partial charge in [0.2, 0.25) is 0 Å². The highest BCUT2D eigenvalue weighted by Crippen LogP contribution is 2.32. The summed E-state index contributed by atoms with van der Waals surface area (Å²) < 4.78 is 7.20. The average Bonchev–Trinajstić information content (AvgIpc) is 3.37. The molecule has 0 amide bonds. The molecule has 4 rings (SSSR count). The van der Waals surface area contributed by atoms with Crippen molar-refractivity contribution >= 4 is 40.2 Å². The number of ether oxygens (including phenoxy) is 1. The van der Waals surface area contributed by atoms with E-state index in [0.29, 0.717) is 22.6 Å². The second-order valence-electron chi connectivity index (χ2n) is 6.73. The van der Waals surface area contributed by atoms with Gasteiger partial charge >= 0.3 is 5.97 Å². The number of aromatic nitrogens is 4. The van der Waals surface area contributed by atoms with Crippen molar-refractivity contribution in [1.82, 2.24) is 19.7 Å². The highest BCUT2D eigenvalue weighted by atomic mass is 35.5. The van der Waals surface area contributed by atoms with Gasteiger partial charge in [-0.25, -0.2) is 0 Å². The van der Waals surface area contributed by atoms with Gasteiger partial charge < -0.3 is 9.72 Å². The number of hydrogen-bond donors (Lipinski definition) is 1. The van der Waals surface area contributed by atoms with Crippen LogP contribution in [0.5, 0.6) is 0 Å². The molecule has 2 heterocycles. The van der Waals surface area contributed by atoms with Crippen molar-refractivity contribution < 1.29 is 9.53 Å². The average molecular weight is 441 g/mol. The van der Waals surface area contributed by atoms with Gasteiger partial charge in [-0.05, 0) is 36.8 Å². The molecule has 1 N–H and O–H groups in total. The van der Waals surface area contributed by atoms with Crippen molar-refractivity contribution in [1.29, 1.82) is 0 Å². The lowest BCUT2D eigenvalue weighted by molar-refractivity contribution is -0.140. The number of nitrogens with one attached hydrogen (secondary N) is 1. The van der Waals surface area contributed by atoms with E-state index >= 15 is 0 Å². The maximum Gasteiger partial charge on any atom is 0.316 e. The van der Waals surface area contributed by atoms with Crippen LogP contribution in [0.15, 0.2) is 59.9 Å². The molecule has 0 bridgehead atoms. The Bertz CT molecular complexity index is 1150. The Morgan fingerprint density at radius 2 is 1.97 bits per heavy atom. The van der Waals surface area contributed by atoms with Crippen LogP contribution in [0.1, 0.15) is 19.8 Å². The van der Waals surface area contributed by atoms with E-state index < -0.39 is 0 Å². The summed E-state index contributed by atoms with van der Waals surface area (Å²) in [7, 11) is 0. The van der Waals surface area contributed by atoms with Crippen molar-refractivity contribution in [3.8, 4) is 17.1 Å². The topological polar surface area (TPSA) is 72.8 Å². The second kappa shape index (κ2) is 9.36. The molecular weight excluding hydrogens is 420 g/mol. The summed E-state index contributed by atoms with van der Waals surface area (Å²) in [5.74, 6) is 0.605. The van der Waals surface area contributed by atoms with Crippen LogP contribution < -0.4 is 0 Å². The summed E-state index contributed by atoms with van der Waals surface area (Å²) >= 11 is 7.39. The molecule has 0 fully saturated rings. The van der Waals surface area contributed by atoms with E-state index in [1.54, 1.807) is 0 Å². The van der Waals surface area contributed by atoms with Gasteiger partial charge in [-0.3, -0.25) is 9.36 Å². The standard InChI is InChI=1S/C22H21ClN4O2S/c1-2-3-12-29-20(28)14-30-22-26-25-21(27(22)16-10-8-15(23)9-11-16)18-13-24-19-7-5-4-6-17(18)19/h4-11,13,24H,2-3,12,14H2,1H3. The first-order valence-corrected chi connectivity index (χ1v) is 11.1. The Balaban J connectivity index is 1.69. The minimum absolute atomic E-state index is 0.170. The molecular formula is C22H21ClN4O2S. The number of hydrogen-bond acceptors (Lipinski definition) is 5. The maximum atomic E-state index is 12.1. The number of benzene rings is 2. The number of H-pyrrole nitrogens is 1. The molecule has 0 saturated heterocycles. The molecule has 2 aromatic carbocycles. The molecule has 30 heavy (non-hydrogen) atoms. The molecule has 8 heteroatoms. The second-order valence-corrected chi connectivity index (χ2v) is 8.11. The Labute approximate surface area is 183 Å². The number of rotatable bonds is 8. The van der Waals surface area contributed by atoms with Gasteiger partial charge in [0.1, 0.15) is 0 Å². The first kappa shape index (κ1) is 20.5. The van der Waals surface area contributed by atoms with Gasteiger partial charge in [0, 0.05) is 33.4 Å². The molecule has 4 aromatic rings. The number of thioether (sulfide) groups is 1. The third-order valence-electron chi connectivity index (χ3n) is 4.63. The van der Waals surface area contributed by atoms with E-state index in [1.165, 1.54) is 11.8 Å². The third kappa shape index (κ3) is 4.37. The smallest absolute Gasteiger partial charge is 0.316 e. The van der Waals surface area contributed by atoms with E-state index in [1.807, 2.05) is 59.3 Å². The third-order valence-corrected chi connectivity index (χ3v) is 5.78. The number of halogens is 1. The van der Waals surface area contributed by atoms with Crippen molar-refractivity contribution in [3.63, 3.8) is 0 Å². The fourth-order valence-corrected chi connectivity index (χ4v) is 3.99. The van der Waals surface area contributed by atoms with Gasteiger partial charge in [-0.1, -0.05) is 54.9 Å². The van der Waals surface area contributed by atoms with E-state index in [-0.39, 0.29) is 11.7 Å². The lowest BCUT2D eigenvalue weighted by Gasteiger charge is -2.10. The van der Waals surface area contributed by atoms with Crippen LogP contribution in [-0.4, -0.2) is 38.1 Å². The summed E-state index contributed by atoms with van der Waals surface area (Å²) in [5.41, 5.74) is 2.82. The highest BCUT2D eigenvalue weighted by molar-refractivity contribution is 7.99. The maximum absolute atomic E-state index is 12.1. The SMILES string of the molecule is CCCCOC(=O)CSc1nnc(-c2c[nH]c3ccccc23)n1-c1ccc(Cl)cc1. The predicted octanol–water partition coefficient (Wildman–Crippen LogP) is 5.50. The molecule has 2 aromatic heterocycles. The minimum atomic E-state index is -0.257. The summed E-state index contributed by atoms with van der Waals surface area (Å²) in [4.78, 5) is 15.4. The van der Waals surface area contributed by atoms with Gasteiger partial charge in [0.15, 0.2) is 11.0 Å². The molecule has 0 aliphatic carbocycles. The molecule has 0 atom stereocenters. The van der Waals surface area contributed by atoms with Gasteiger partial charge in [0.25, 0.3) is 0 Å². The van der Waals surface area contributed by atoms with Crippen molar-refractivity contribution in [2.45, 2.75) is 24.9 Å². The van der Waals surface area contributed by atoms with Gasteiger partial charge in [-0.2, -0.15) is 0 Å². The van der Waals surface area contributed by atoms with Crippen LogP contribution in [-0.2, 0) is 9.53 Å². The number of aromatic amines is 1. The lowest BCUT2D eigenvalue weighted by Crippen LogP contribution is -2.09. The van der Waals surface area contributed by atoms with Crippen LogP contribution in [0.25, 0.3) is 28.0 Å². The number of unbranched alkanes of at least 4 members (excludes halogenated alkanes) is 1. The Morgan fingerprint density at radius 3 is 2.77 bits per heavy atom. The van der Waals surface area contributed by atoms with Gasteiger partial charge in [-0.15, -0.1) is 10.2 Å². The Morgan fingerprint density at radius 1 is 1.17 bits per heavy atom. The van der Waals surface area contributed by atoms with Crippen LogP contribution in [0, 0.1) is 0 Å². The summed E-state index contributed by atoms with van der Waals surface area (Å²) in [6.45, 7) is 2.50. The molecule has 0 saturated carbocycles. The minimum Gasteiger partial charge on any atom is -0.465 e. The van der Waals surface area contributed by atoms with Crippen LogP contribution in [0.4, 0.5) is 0 Å². The molecule has 0 spiro atoms. The molecule has 0 radical (unpaired) electrons. The molecule has 6 nitrogen and oxygen atoms in total. The zero-order valence-corrected chi connectivity index (χ0v) is 18.0. The van der Waals surface area contributed by atoms with Crippen molar-refractivity contribution in [2.75, 3.05) is 12.4 Å². The molecule has 0 unspecified atom stereocenters. The number of fused-ring (bicyclic) bond motifs is 1. The number of carbonyl (C=O) groups excluding carboxylic acids is 1. The van der Waals surface area contributed by atoms with E-state index in [0.717, 1.165) is 35.0 Å². The first-order chi connectivity index (χ1) is 14.7. The van der Waals surface area contributed by atoms with E-state index in [4.69, 9.17) is 16.3 Å². The highest BCUT2D eigenvalue weighted by Gasteiger charge is 2.20. The van der Waals surface area contributed by atoms with Gasteiger partial charge in [0.05, 0.1) is 12.4 Å². The monoisotopic (exact) mass is 440 g/mol. The normalized spacial score (nSPS) is 11.1. The van der Waals surface area contributed by atoms with Crippen molar-refractivity contribution in [3.05, 3.63) is 59.8 Å². The first-order valence-electron chi connectivity index (χ1n) is 9.73. The predicted molar refractivity (Wildman–Crippen MR) is 120 cm³/mol. The van der Waals surface area contributed by atoms with Crippen molar-refractivity contribution in [2.24, 2.45) is 0 Å². The molecule has 0 aliphatic rings. The number of para-hydroxylation sites is 1. The number of nitrogens with zero attached hydrogens (tertiary/aromatic N) is 3. The quantitative estimate of drug-likeness (QED) is 0.222. The fourth-order valence-electron chi connectivity index (χ4n) is 3.11. The zero-order chi connectivity index (χ0) is 20.9. The molecule has 0 aliphatic heterocycles. The van der Waals surface area contributed by atoms with Crippen LogP contribution in [0.2, 0.25) is 5.02 Å². The Hall–Kier alpha value is -2.77. The summed E-state index contributed by atoms with van der Waals surface area (Å²) in [6, 6.07) is 15.5. The Kier molecular flexibility index (Phi) is 6.40. The van der Waals surface area contributed by atoms with E-state index in [9.17, 15) is 4.79 Å². The lowest BCUT2D eigenvalue weighted by atomic mass is 10.1. The zero-order valence-electron chi connectivity index (χ0n) is 16.5. The number of esters is 1. The number of carbonyl (C=O) groups is 1. The van der Waals surface area contributed by atoms with Crippen LogP contribution in [0.3, 0.4) is 0 Å². The van der Waals surface area contributed by atoms with Crippen LogP contribution >= 0.6 is 23.4 Å². The largest absolute Gasteiger partial charge is 0.465 e. The fraction of sp³-hybridized carbons (Fsp3) is 0.227. The summed E-state index contributed by atoms with van der Waals surface area (Å²) in [5, 5.41) is 11.1. The van der Waals surface area contributed by atoms with E-state index in [2.05, 4.69) is 22.1 Å². The molecule has 154 valence electrons.